The second-order valence-electron chi connectivity index (χ2n) is 5.18. The normalized spacial score (nSPS) is 21.9. The van der Waals surface area contributed by atoms with Gasteiger partial charge in [0.2, 0.25) is 10.0 Å². The highest BCUT2D eigenvalue weighted by molar-refractivity contribution is 9.10. The lowest BCUT2D eigenvalue weighted by Gasteiger charge is -2.10. The molecule has 0 aromatic heterocycles. The molecule has 0 bridgehead atoms. The van der Waals surface area contributed by atoms with Gasteiger partial charge in [0.25, 0.3) is 0 Å². The van der Waals surface area contributed by atoms with E-state index in [-0.39, 0.29) is 6.04 Å². The third kappa shape index (κ3) is 3.81. The first-order valence-electron chi connectivity index (χ1n) is 6.99. The second-order valence-corrected chi connectivity index (χ2v) is 7.71. The molecular weight excluding hydrogens is 340 g/mol. The van der Waals surface area contributed by atoms with E-state index in [2.05, 4.69) is 32.9 Å². The molecule has 1 aliphatic rings. The van der Waals surface area contributed by atoms with Crippen LogP contribution >= 0.6 is 15.9 Å². The van der Waals surface area contributed by atoms with Gasteiger partial charge in [0.05, 0.1) is 4.90 Å². The van der Waals surface area contributed by atoms with Crippen LogP contribution in [0, 0.1) is 5.92 Å². The molecule has 112 valence electrons. The zero-order valence-electron chi connectivity index (χ0n) is 11.8. The van der Waals surface area contributed by atoms with E-state index < -0.39 is 10.0 Å². The van der Waals surface area contributed by atoms with Crippen LogP contribution in [0.15, 0.2) is 27.6 Å². The smallest absolute Gasteiger partial charge is 0.241 e. The van der Waals surface area contributed by atoms with Crippen molar-refractivity contribution in [3.05, 3.63) is 28.2 Å². The van der Waals surface area contributed by atoms with Crippen molar-refractivity contribution in [3.8, 4) is 0 Å². The van der Waals surface area contributed by atoms with Gasteiger partial charge < -0.3 is 5.32 Å². The number of hydrogen-bond acceptors (Lipinski definition) is 3. The number of benzene rings is 1. The molecule has 4 nitrogen and oxygen atoms in total. The summed E-state index contributed by atoms with van der Waals surface area (Å²) in [4.78, 5) is 0.328. The summed E-state index contributed by atoms with van der Waals surface area (Å²) in [6, 6.07) is 5.57. The van der Waals surface area contributed by atoms with E-state index in [9.17, 15) is 8.42 Å². The molecule has 0 amide bonds. The topological polar surface area (TPSA) is 58.2 Å². The lowest BCUT2D eigenvalue weighted by Crippen LogP contribution is -2.27. The molecule has 20 heavy (non-hydrogen) atoms. The molecule has 1 fully saturated rings. The van der Waals surface area contributed by atoms with E-state index in [1.54, 1.807) is 12.1 Å². The Labute approximate surface area is 129 Å². The Bertz CT molecular complexity index is 575. The van der Waals surface area contributed by atoms with Crippen LogP contribution < -0.4 is 10.0 Å². The number of hydrogen-bond donors (Lipinski definition) is 2. The molecule has 0 spiro atoms. The first-order chi connectivity index (χ1) is 9.47. The fourth-order valence-corrected chi connectivity index (χ4v) is 4.57. The molecule has 0 heterocycles. The maximum absolute atomic E-state index is 12.4. The molecule has 0 saturated heterocycles. The molecule has 1 aromatic carbocycles. The largest absolute Gasteiger partial charge is 0.313 e. The lowest BCUT2D eigenvalue weighted by atomic mass is 10.2. The maximum Gasteiger partial charge on any atom is 0.241 e. The monoisotopic (exact) mass is 360 g/mol. The highest BCUT2D eigenvalue weighted by Crippen LogP contribution is 2.35. The number of rotatable bonds is 7. The standard InChI is InChI=1S/C14H21BrN2O2S/c1-3-11-8-13(11)17-20(18,19)14-7-10(9-16-4-2)5-6-12(14)15/h5-7,11,13,16-17H,3-4,8-9H2,1-2H3. The predicted octanol–water partition coefficient (Wildman–Crippen LogP) is 2.64. The van der Waals surface area contributed by atoms with Crippen LogP contribution in [0.1, 0.15) is 32.3 Å². The first-order valence-corrected chi connectivity index (χ1v) is 9.27. The molecule has 2 atom stereocenters. The minimum atomic E-state index is -3.44. The Morgan fingerprint density at radius 3 is 2.70 bits per heavy atom. The van der Waals surface area contributed by atoms with E-state index in [0.29, 0.717) is 21.8 Å². The minimum absolute atomic E-state index is 0.106. The average molecular weight is 361 g/mol. The van der Waals surface area contributed by atoms with Crippen LogP contribution in [0.2, 0.25) is 0 Å². The molecule has 1 aromatic rings. The molecule has 2 unspecified atom stereocenters. The SMILES string of the molecule is CCNCc1ccc(Br)c(S(=O)(=O)NC2CC2CC)c1. The van der Waals surface area contributed by atoms with Gasteiger partial charge in [-0.3, -0.25) is 0 Å². The van der Waals surface area contributed by atoms with Gasteiger partial charge in [0.15, 0.2) is 0 Å². The van der Waals surface area contributed by atoms with Gasteiger partial charge in [0.1, 0.15) is 0 Å². The average Bonchev–Trinajstić information content (AvgIpc) is 3.15. The first kappa shape index (κ1) is 15.9. The Morgan fingerprint density at radius 2 is 2.10 bits per heavy atom. The van der Waals surface area contributed by atoms with Crippen molar-refractivity contribution in [2.45, 2.75) is 44.2 Å². The van der Waals surface area contributed by atoms with E-state index in [0.717, 1.165) is 24.9 Å². The molecule has 1 saturated carbocycles. The lowest BCUT2D eigenvalue weighted by molar-refractivity contribution is 0.575. The summed E-state index contributed by atoms with van der Waals surface area (Å²) in [5, 5.41) is 3.20. The van der Waals surface area contributed by atoms with Crippen LogP contribution in [-0.2, 0) is 16.6 Å². The van der Waals surface area contributed by atoms with Crippen LogP contribution in [0.25, 0.3) is 0 Å². The van der Waals surface area contributed by atoms with E-state index in [1.165, 1.54) is 0 Å². The van der Waals surface area contributed by atoms with Crippen molar-refractivity contribution < 1.29 is 8.42 Å². The van der Waals surface area contributed by atoms with Gasteiger partial charge in [-0.15, -0.1) is 0 Å². The summed E-state index contributed by atoms with van der Waals surface area (Å²) in [5.74, 6) is 0.494. The highest BCUT2D eigenvalue weighted by atomic mass is 79.9. The zero-order chi connectivity index (χ0) is 14.8. The Hall–Kier alpha value is -0.430. The van der Waals surface area contributed by atoms with Crippen molar-refractivity contribution in [1.29, 1.82) is 0 Å². The van der Waals surface area contributed by atoms with Crippen molar-refractivity contribution in [3.63, 3.8) is 0 Å². The summed E-state index contributed by atoms with van der Waals surface area (Å²) < 4.78 is 28.3. The van der Waals surface area contributed by atoms with Gasteiger partial charge in [0, 0.05) is 17.1 Å². The third-order valence-corrected chi connectivity index (χ3v) is 6.10. The molecule has 2 N–H and O–H groups in total. The van der Waals surface area contributed by atoms with Crippen LogP contribution in [0.4, 0.5) is 0 Å². The molecular formula is C14H21BrN2O2S. The summed E-state index contributed by atoms with van der Waals surface area (Å²) in [6.07, 6.45) is 1.97. The van der Waals surface area contributed by atoms with E-state index in [4.69, 9.17) is 0 Å². The fourth-order valence-electron chi connectivity index (χ4n) is 2.24. The maximum atomic E-state index is 12.4. The Balaban J connectivity index is 2.17. The van der Waals surface area contributed by atoms with Gasteiger partial charge in [-0.1, -0.05) is 26.3 Å². The van der Waals surface area contributed by atoms with Gasteiger partial charge in [-0.05, 0) is 52.5 Å². The predicted molar refractivity (Wildman–Crippen MR) is 84.0 cm³/mol. The molecule has 6 heteroatoms. The molecule has 0 aliphatic heterocycles. The number of halogens is 1. The highest BCUT2D eigenvalue weighted by Gasteiger charge is 2.39. The van der Waals surface area contributed by atoms with Gasteiger partial charge >= 0.3 is 0 Å². The van der Waals surface area contributed by atoms with Gasteiger partial charge in [-0.25, -0.2) is 13.1 Å². The van der Waals surface area contributed by atoms with E-state index in [1.807, 2.05) is 13.0 Å². The Morgan fingerprint density at radius 1 is 1.35 bits per heavy atom. The summed E-state index contributed by atoms with van der Waals surface area (Å²) in [5.41, 5.74) is 0.971. The fraction of sp³-hybridized carbons (Fsp3) is 0.571. The van der Waals surface area contributed by atoms with E-state index >= 15 is 0 Å². The zero-order valence-corrected chi connectivity index (χ0v) is 14.2. The van der Waals surface area contributed by atoms with Crippen LogP contribution in [-0.4, -0.2) is 21.0 Å². The van der Waals surface area contributed by atoms with Crippen LogP contribution in [0.3, 0.4) is 0 Å². The summed E-state index contributed by atoms with van der Waals surface area (Å²) in [7, 11) is -3.44. The van der Waals surface area contributed by atoms with Crippen LogP contribution in [0.5, 0.6) is 0 Å². The molecule has 2 rings (SSSR count). The molecule has 1 aliphatic carbocycles. The van der Waals surface area contributed by atoms with Crippen molar-refractivity contribution in [2.24, 2.45) is 5.92 Å². The van der Waals surface area contributed by atoms with Crippen molar-refractivity contribution in [2.75, 3.05) is 6.54 Å². The quantitative estimate of drug-likeness (QED) is 0.785. The molecule has 0 radical (unpaired) electrons. The van der Waals surface area contributed by atoms with Gasteiger partial charge in [-0.2, -0.15) is 0 Å². The Kier molecular flexibility index (Phi) is 5.23. The number of nitrogens with one attached hydrogen (secondary N) is 2. The minimum Gasteiger partial charge on any atom is -0.313 e. The summed E-state index contributed by atoms with van der Waals surface area (Å²) in [6.45, 7) is 5.64. The van der Waals surface area contributed by atoms with Crippen molar-refractivity contribution in [1.82, 2.24) is 10.0 Å². The summed E-state index contributed by atoms with van der Waals surface area (Å²) >= 11 is 3.34. The second kappa shape index (κ2) is 6.56. The third-order valence-electron chi connectivity index (χ3n) is 3.62. The number of sulfonamides is 1. The van der Waals surface area contributed by atoms with Crippen molar-refractivity contribution >= 4 is 26.0 Å².